The maximum Gasteiger partial charge on any atom is 0.337 e. The van der Waals surface area contributed by atoms with Crippen molar-refractivity contribution in [1.82, 2.24) is 0 Å². The van der Waals surface area contributed by atoms with Gasteiger partial charge in [0.25, 0.3) is 0 Å². The maximum absolute atomic E-state index is 12.0. The van der Waals surface area contributed by atoms with Crippen LogP contribution in [0.1, 0.15) is 83.9 Å². The van der Waals surface area contributed by atoms with E-state index < -0.39 is 11.9 Å². The summed E-state index contributed by atoms with van der Waals surface area (Å²) in [5, 5.41) is 21.1. The van der Waals surface area contributed by atoms with Crippen LogP contribution in [0.4, 0.5) is 0 Å². The molecule has 0 spiro atoms. The van der Waals surface area contributed by atoms with Gasteiger partial charge in [0, 0.05) is 0 Å². The van der Waals surface area contributed by atoms with Crippen molar-refractivity contribution in [2.45, 2.75) is 65.7 Å². The number of carboxylic acid groups (broad SMARTS) is 2. The molecule has 2 aromatic carbocycles. The van der Waals surface area contributed by atoms with E-state index in [0.29, 0.717) is 23.8 Å². The van der Waals surface area contributed by atoms with Crippen molar-refractivity contribution in [2.24, 2.45) is 0 Å². The molecule has 0 heterocycles. The van der Waals surface area contributed by atoms with Gasteiger partial charge in [-0.3, -0.25) is 0 Å². The van der Waals surface area contributed by atoms with Crippen LogP contribution in [-0.2, 0) is 19.3 Å². The lowest BCUT2D eigenvalue weighted by Crippen LogP contribution is -2.16. The fourth-order valence-electron chi connectivity index (χ4n) is 3.90. The third-order valence-corrected chi connectivity index (χ3v) is 5.08. The zero-order valence-corrected chi connectivity index (χ0v) is 15.9. The summed E-state index contributed by atoms with van der Waals surface area (Å²) in [5.74, 6) is -2.32. The summed E-state index contributed by atoms with van der Waals surface area (Å²) in [7, 11) is 0. The summed E-state index contributed by atoms with van der Waals surface area (Å²) in [6.45, 7) is 6.19. The van der Waals surface area contributed by atoms with Gasteiger partial charge < -0.3 is 10.2 Å². The first-order valence-corrected chi connectivity index (χ1v) is 9.53. The van der Waals surface area contributed by atoms with Gasteiger partial charge in [0.15, 0.2) is 0 Å². The summed E-state index contributed by atoms with van der Waals surface area (Å²) in [5.41, 5.74) is 2.70. The van der Waals surface area contributed by atoms with Crippen LogP contribution in [0.5, 0.6) is 0 Å². The number of aryl methyl sites for hydroxylation is 2. The number of carbonyl (C=O) groups is 2. The second-order valence-corrected chi connectivity index (χ2v) is 6.67. The van der Waals surface area contributed by atoms with Gasteiger partial charge in [-0.2, -0.15) is 0 Å². The second-order valence-electron chi connectivity index (χ2n) is 6.67. The molecule has 0 amide bonds. The second kappa shape index (κ2) is 8.84. The van der Waals surface area contributed by atoms with Crippen molar-refractivity contribution < 1.29 is 19.8 Å². The Morgan fingerprint density at radius 2 is 1.54 bits per heavy atom. The molecule has 0 saturated carbocycles. The smallest absolute Gasteiger partial charge is 0.337 e. The van der Waals surface area contributed by atoms with Gasteiger partial charge in [0.05, 0.1) is 11.1 Å². The van der Waals surface area contributed by atoms with E-state index in [-0.39, 0.29) is 11.1 Å². The molecule has 4 heteroatoms. The normalized spacial score (nSPS) is 11.0. The number of hydrogen-bond donors (Lipinski definition) is 2. The average molecular weight is 356 g/mol. The largest absolute Gasteiger partial charge is 0.478 e. The summed E-state index contributed by atoms with van der Waals surface area (Å²) >= 11 is 0. The van der Waals surface area contributed by atoms with Gasteiger partial charge in [0.2, 0.25) is 0 Å². The van der Waals surface area contributed by atoms with Crippen molar-refractivity contribution in [2.75, 3.05) is 0 Å². The molecule has 2 N–H and O–H groups in total. The topological polar surface area (TPSA) is 74.6 Å². The first-order valence-electron chi connectivity index (χ1n) is 9.53. The van der Waals surface area contributed by atoms with E-state index in [1.807, 2.05) is 26.0 Å². The fraction of sp³-hybridized carbons (Fsp3) is 0.455. The van der Waals surface area contributed by atoms with Crippen molar-refractivity contribution in [3.63, 3.8) is 0 Å². The Labute approximate surface area is 154 Å². The number of hydrogen-bond acceptors (Lipinski definition) is 2. The minimum Gasteiger partial charge on any atom is -0.478 e. The predicted molar refractivity (Wildman–Crippen MR) is 104 cm³/mol. The molecule has 0 bridgehead atoms. The minimum absolute atomic E-state index is 0.0217. The van der Waals surface area contributed by atoms with Crippen LogP contribution in [0, 0.1) is 0 Å². The molecule has 0 unspecified atom stereocenters. The van der Waals surface area contributed by atoms with Crippen molar-refractivity contribution >= 4 is 22.7 Å². The highest BCUT2D eigenvalue weighted by molar-refractivity contribution is 6.14. The van der Waals surface area contributed by atoms with Crippen molar-refractivity contribution in [1.29, 1.82) is 0 Å². The van der Waals surface area contributed by atoms with Gasteiger partial charge in [-0.05, 0) is 53.1 Å². The minimum atomic E-state index is -1.17. The fourth-order valence-corrected chi connectivity index (χ4v) is 3.90. The summed E-state index contributed by atoms with van der Waals surface area (Å²) in [6, 6.07) is 5.57. The molecule has 2 rings (SSSR count). The molecule has 2 aromatic rings. The predicted octanol–water partition coefficient (Wildman–Crippen LogP) is 5.48. The molecule has 0 aliphatic carbocycles. The van der Waals surface area contributed by atoms with Crippen molar-refractivity contribution in [3.8, 4) is 0 Å². The molecule has 0 atom stereocenters. The van der Waals surface area contributed by atoms with Crippen LogP contribution < -0.4 is 0 Å². The van der Waals surface area contributed by atoms with E-state index >= 15 is 0 Å². The third kappa shape index (κ3) is 3.74. The Hall–Kier alpha value is -2.36. The molecule has 0 radical (unpaired) electrons. The molecule has 0 saturated heterocycles. The lowest BCUT2D eigenvalue weighted by Gasteiger charge is -2.20. The van der Waals surface area contributed by atoms with Crippen LogP contribution >= 0.6 is 0 Å². The lowest BCUT2D eigenvalue weighted by molar-refractivity contribution is 0.0652. The molecule has 140 valence electrons. The van der Waals surface area contributed by atoms with Gasteiger partial charge in [0.1, 0.15) is 0 Å². The Kier molecular flexibility index (Phi) is 6.78. The standard InChI is InChI=1S/C22H28O4/c1-4-7-8-9-12-16-15(6-3)18-14(5-2)11-10-13-17(18)20(22(25)26)19(16)21(23)24/h10-11,13H,4-9,12H2,1-3H3,(H,23,24)(H,25,26). The number of benzene rings is 2. The van der Waals surface area contributed by atoms with Gasteiger partial charge in [-0.15, -0.1) is 0 Å². The Balaban J connectivity index is 2.86. The maximum atomic E-state index is 12.0. The molecular formula is C22H28O4. The highest BCUT2D eigenvalue weighted by atomic mass is 16.4. The van der Waals surface area contributed by atoms with Crippen molar-refractivity contribution in [3.05, 3.63) is 46.0 Å². The lowest BCUT2D eigenvalue weighted by atomic mass is 9.83. The van der Waals surface area contributed by atoms with E-state index in [4.69, 9.17) is 0 Å². The quantitative estimate of drug-likeness (QED) is 0.583. The van der Waals surface area contributed by atoms with Crippen LogP contribution in [0.15, 0.2) is 18.2 Å². The zero-order valence-electron chi connectivity index (χ0n) is 15.9. The number of carboxylic acids is 2. The SMILES string of the molecule is CCCCCCc1c(C(=O)O)c(C(=O)O)c2cccc(CC)c2c1CC. The number of rotatable bonds is 9. The van der Waals surface area contributed by atoms with E-state index in [2.05, 4.69) is 6.92 Å². The molecule has 26 heavy (non-hydrogen) atoms. The summed E-state index contributed by atoms with van der Waals surface area (Å²) in [6.07, 6.45) is 6.18. The third-order valence-electron chi connectivity index (χ3n) is 5.08. The Morgan fingerprint density at radius 1 is 0.846 bits per heavy atom. The van der Waals surface area contributed by atoms with Crippen LogP contribution in [0.2, 0.25) is 0 Å². The molecule has 0 aromatic heterocycles. The first-order chi connectivity index (χ1) is 12.5. The van der Waals surface area contributed by atoms with Gasteiger partial charge >= 0.3 is 11.9 Å². The van der Waals surface area contributed by atoms with Gasteiger partial charge in [-0.1, -0.05) is 58.2 Å². The molecule has 0 aliphatic rings. The van der Waals surface area contributed by atoms with E-state index in [0.717, 1.165) is 48.6 Å². The zero-order chi connectivity index (χ0) is 19.3. The van der Waals surface area contributed by atoms with Gasteiger partial charge in [-0.25, -0.2) is 9.59 Å². The molecule has 0 aliphatic heterocycles. The molecule has 4 nitrogen and oxygen atoms in total. The molecule has 0 fully saturated rings. The van der Waals surface area contributed by atoms with Crippen LogP contribution in [0.25, 0.3) is 10.8 Å². The van der Waals surface area contributed by atoms with Crippen LogP contribution in [-0.4, -0.2) is 22.2 Å². The van der Waals surface area contributed by atoms with E-state index in [1.165, 1.54) is 0 Å². The highest BCUT2D eigenvalue weighted by Crippen LogP contribution is 2.35. The van der Waals surface area contributed by atoms with E-state index in [9.17, 15) is 19.8 Å². The monoisotopic (exact) mass is 356 g/mol. The number of fused-ring (bicyclic) bond motifs is 1. The summed E-state index contributed by atoms with van der Waals surface area (Å²) < 4.78 is 0. The molecular weight excluding hydrogens is 328 g/mol. The summed E-state index contributed by atoms with van der Waals surface area (Å²) in [4.78, 5) is 24.0. The highest BCUT2D eigenvalue weighted by Gasteiger charge is 2.27. The number of unbranched alkanes of at least 4 members (excludes halogenated alkanes) is 3. The first kappa shape index (κ1) is 20.0. The Morgan fingerprint density at radius 3 is 2.08 bits per heavy atom. The van der Waals surface area contributed by atoms with E-state index in [1.54, 1.807) is 6.07 Å². The Bertz CT molecular complexity index is 821. The average Bonchev–Trinajstić information content (AvgIpc) is 2.62. The van der Waals surface area contributed by atoms with Crippen LogP contribution in [0.3, 0.4) is 0 Å². The number of aromatic carboxylic acids is 2.